The van der Waals surface area contributed by atoms with E-state index < -0.39 is 5.97 Å². The molecule has 118 valence electrons. The first-order valence-electron chi connectivity index (χ1n) is 6.88. The Hall–Kier alpha value is -1.72. The average Bonchev–Trinajstić information content (AvgIpc) is 2.73. The standard InChI is InChI=1S/C15H16Cl2N2O3/c1-3-12-15(13(4-2)19(18-12)8-14(20)21)22-11-6-9(16)5-10(17)7-11/h5-7H,3-4,8H2,1-2H3,(H,20,21). The molecule has 0 spiro atoms. The maximum Gasteiger partial charge on any atom is 0.325 e. The highest BCUT2D eigenvalue weighted by Gasteiger charge is 2.19. The third kappa shape index (κ3) is 3.72. The summed E-state index contributed by atoms with van der Waals surface area (Å²) >= 11 is 11.9. The first kappa shape index (κ1) is 16.6. The van der Waals surface area contributed by atoms with Crippen LogP contribution in [0, 0.1) is 0 Å². The Morgan fingerprint density at radius 1 is 1.23 bits per heavy atom. The predicted octanol–water partition coefficient (Wildman–Crippen LogP) is 4.19. The van der Waals surface area contributed by atoms with E-state index in [1.807, 2.05) is 13.8 Å². The highest BCUT2D eigenvalue weighted by molar-refractivity contribution is 6.34. The summed E-state index contributed by atoms with van der Waals surface area (Å²) in [6.07, 6.45) is 1.23. The molecular weight excluding hydrogens is 327 g/mol. The number of carbonyl (C=O) groups is 1. The molecule has 2 aromatic rings. The first-order valence-corrected chi connectivity index (χ1v) is 7.64. The van der Waals surface area contributed by atoms with Crippen LogP contribution in [0.3, 0.4) is 0 Å². The number of ether oxygens (including phenoxy) is 1. The normalized spacial score (nSPS) is 10.7. The van der Waals surface area contributed by atoms with Crippen molar-refractivity contribution in [3.8, 4) is 11.5 Å². The maximum absolute atomic E-state index is 11.0. The van der Waals surface area contributed by atoms with Gasteiger partial charge in [-0.2, -0.15) is 5.10 Å². The Kier molecular flexibility index (Phi) is 5.32. The Balaban J connectivity index is 2.44. The fourth-order valence-corrected chi connectivity index (χ4v) is 2.70. The Morgan fingerprint density at radius 3 is 2.36 bits per heavy atom. The van der Waals surface area contributed by atoms with Gasteiger partial charge in [0.05, 0.1) is 5.69 Å². The number of hydrogen-bond donors (Lipinski definition) is 1. The summed E-state index contributed by atoms with van der Waals surface area (Å²) in [5, 5.41) is 14.2. The fraction of sp³-hybridized carbons (Fsp3) is 0.333. The van der Waals surface area contributed by atoms with Crippen LogP contribution >= 0.6 is 23.2 Å². The zero-order valence-corrected chi connectivity index (χ0v) is 13.8. The number of carboxylic acids is 1. The van der Waals surface area contributed by atoms with E-state index in [2.05, 4.69) is 5.10 Å². The molecule has 0 amide bonds. The van der Waals surface area contributed by atoms with Crippen LogP contribution in [-0.4, -0.2) is 20.9 Å². The minimum absolute atomic E-state index is 0.199. The summed E-state index contributed by atoms with van der Waals surface area (Å²) in [5.41, 5.74) is 1.43. The molecule has 0 aliphatic heterocycles. The van der Waals surface area contributed by atoms with Crippen molar-refractivity contribution in [1.29, 1.82) is 0 Å². The smallest absolute Gasteiger partial charge is 0.325 e. The molecule has 7 heteroatoms. The van der Waals surface area contributed by atoms with Crippen molar-refractivity contribution in [2.45, 2.75) is 33.2 Å². The van der Waals surface area contributed by atoms with Crippen molar-refractivity contribution in [2.75, 3.05) is 0 Å². The van der Waals surface area contributed by atoms with Gasteiger partial charge in [-0.15, -0.1) is 0 Å². The minimum Gasteiger partial charge on any atom is -0.480 e. The van der Waals surface area contributed by atoms with Crippen LogP contribution in [0.15, 0.2) is 18.2 Å². The van der Waals surface area contributed by atoms with E-state index in [-0.39, 0.29) is 6.54 Å². The minimum atomic E-state index is -0.947. The lowest BCUT2D eigenvalue weighted by atomic mass is 10.2. The Bertz CT molecular complexity index is 678. The highest BCUT2D eigenvalue weighted by Crippen LogP contribution is 2.33. The van der Waals surface area contributed by atoms with Crippen LogP contribution in [0.2, 0.25) is 10.0 Å². The van der Waals surface area contributed by atoms with Gasteiger partial charge in [0.1, 0.15) is 18.0 Å². The summed E-state index contributed by atoms with van der Waals surface area (Å²) < 4.78 is 7.36. The lowest BCUT2D eigenvalue weighted by Crippen LogP contribution is -2.13. The van der Waals surface area contributed by atoms with Crippen molar-refractivity contribution in [3.63, 3.8) is 0 Å². The van der Waals surface area contributed by atoms with Gasteiger partial charge >= 0.3 is 5.97 Å². The van der Waals surface area contributed by atoms with Crippen molar-refractivity contribution in [1.82, 2.24) is 9.78 Å². The van der Waals surface area contributed by atoms with E-state index in [9.17, 15) is 4.79 Å². The summed E-state index contributed by atoms with van der Waals surface area (Å²) in [4.78, 5) is 11.0. The van der Waals surface area contributed by atoms with Crippen molar-refractivity contribution >= 4 is 29.2 Å². The summed E-state index contributed by atoms with van der Waals surface area (Å²) in [7, 11) is 0. The maximum atomic E-state index is 11.0. The number of carboxylic acid groups (broad SMARTS) is 1. The predicted molar refractivity (Wildman–Crippen MR) is 85.2 cm³/mol. The van der Waals surface area contributed by atoms with Crippen LogP contribution in [0.5, 0.6) is 11.5 Å². The fourth-order valence-electron chi connectivity index (χ4n) is 2.19. The number of aromatic nitrogens is 2. The molecule has 0 bridgehead atoms. The molecule has 1 N–H and O–H groups in total. The molecule has 0 atom stereocenters. The summed E-state index contributed by atoms with van der Waals surface area (Å²) in [5.74, 6) is 0.124. The van der Waals surface area contributed by atoms with Crippen molar-refractivity contribution < 1.29 is 14.6 Å². The number of aryl methyl sites for hydroxylation is 1. The van der Waals surface area contributed by atoms with E-state index in [4.69, 9.17) is 33.0 Å². The molecule has 0 saturated carbocycles. The lowest BCUT2D eigenvalue weighted by molar-refractivity contribution is -0.137. The molecule has 1 aromatic heterocycles. The molecule has 0 fully saturated rings. The third-order valence-electron chi connectivity index (χ3n) is 3.09. The number of aliphatic carboxylic acids is 1. The Morgan fingerprint density at radius 2 is 1.86 bits per heavy atom. The Labute approximate surface area is 138 Å². The van der Waals surface area contributed by atoms with Crippen molar-refractivity contribution in [2.24, 2.45) is 0 Å². The number of hydrogen-bond acceptors (Lipinski definition) is 3. The van der Waals surface area contributed by atoms with Gasteiger partial charge in [-0.25, -0.2) is 0 Å². The molecule has 1 aromatic carbocycles. The topological polar surface area (TPSA) is 64.4 Å². The van der Waals surface area contributed by atoms with Gasteiger partial charge in [-0.3, -0.25) is 9.48 Å². The lowest BCUT2D eigenvalue weighted by Gasteiger charge is -2.09. The highest BCUT2D eigenvalue weighted by atomic mass is 35.5. The quantitative estimate of drug-likeness (QED) is 0.854. The van der Waals surface area contributed by atoms with Gasteiger partial charge in [0, 0.05) is 10.0 Å². The third-order valence-corrected chi connectivity index (χ3v) is 3.52. The van der Waals surface area contributed by atoms with Crippen LogP contribution in [0.1, 0.15) is 25.2 Å². The molecule has 2 rings (SSSR count). The molecule has 0 unspecified atom stereocenters. The van der Waals surface area contributed by atoms with E-state index >= 15 is 0 Å². The number of rotatable bonds is 6. The van der Waals surface area contributed by atoms with E-state index in [1.165, 1.54) is 4.68 Å². The monoisotopic (exact) mass is 342 g/mol. The molecular formula is C15H16Cl2N2O3. The second kappa shape index (κ2) is 7.03. The summed E-state index contributed by atoms with van der Waals surface area (Å²) in [6.45, 7) is 3.66. The number of nitrogens with zero attached hydrogens (tertiary/aromatic N) is 2. The van der Waals surface area contributed by atoms with Gasteiger partial charge in [-0.1, -0.05) is 37.0 Å². The van der Waals surface area contributed by atoms with Crippen LogP contribution in [0.4, 0.5) is 0 Å². The van der Waals surface area contributed by atoms with Crippen LogP contribution < -0.4 is 4.74 Å². The van der Waals surface area contributed by atoms with E-state index in [0.29, 0.717) is 40.1 Å². The second-order valence-electron chi connectivity index (χ2n) is 4.69. The van der Waals surface area contributed by atoms with Gasteiger partial charge in [0.15, 0.2) is 5.75 Å². The van der Waals surface area contributed by atoms with Crippen LogP contribution in [0.25, 0.3) is 0 Å². The van der Waals surface area contributed by atoms with E-state index in [0.717, 1.165) is 5.69 Å². The van der Waals surface area contributed by atoms with Crippen molar-refractivity contribution in [3.05, 3.63) is 39.6 Å². The zero-order chi connectivity index (χ0) is 16.3. The number of benzene rings is 1. The summed E-state index contributed by atoms with van der Waals surface area (Å²) in [6, 6.07) is 4.92. The molecule has 0 radical (unpaired) electrons. The molecule has 1 heterocycles. The largest absolute Gasteiger partial charge is 0.480 e. The molecule has 22 heavy (non-hydrogen) atoms. The number of halogens is 2. The molecule has 5 nitrogen and oxygen atoms in total. The van der Waals surface area contributed by atoms with Crippen LogP contribution in [-0.2, 0) is 24.2 Å². The first-order chi connectivity index (χ1) is 10.4. The van der Waals surface area contributed by atoms with Gasteiger partial charge < -0.3 is 9.84 Å². The molecule has 0 aliphatic rings. The zero-order valence-electron chi connectivity index (χ0n) is 12.3. The molecule has 0 aliphatic carbocycles. The molecule has 0 saturated heterocycles. The van der Waals surface area contributed by atoms with Gasteiger partial charge in [0.25, 0.3) is 0 Å². The SMILES string of the molecule is CCc1nn(CC(=O)O)c(CC)c1Oc1cc(Cl)cc(Cl)c1. The van der Waals surface area contributed by atoms with E-state index in [1.54, 1.807) is 18.2 Å². The second-order valence-corrected chi connectivity index (χ2v) is 5.56. The van der Waals surface area contributed by atoms with Gasteiger partial charge in [0.2, 0.25) is 0 Å². The average molecular weight is 343 g/mol. The van der Waals surface area contributed by atoms with Gasteiger partial charge in [-0.05, 0) is 31.0 Å².